The molecular weight excluding hydrogens is 326 g/mol. The summed E-state index contributed by atoms with van der Waals surface area (Å²) < 4.78 is 1.80. The van der Waals surface area contributed by atoms with Crippen molar-refractivity contribution >= 4 is 11.6 Å². The van der Waals surface area contributed by atoms with Crippen molar-refractivity contribution in [2.45, 2.75) is 20.3 Å². The van der Waals surface area contributed by atoms with Gasteiger partial charge in [0.2, 0.25) is 5.91 Å². The Morgan fingerprint density at radius 2 is 1.73 bits per heavy atom. The van der Waals surface area contributed by atoms with Crippen molar-refractivity contribution in [3.05, 3.63) is 47.3 Å². The van der Waals surface area contributed by atoms with Gasteiger partial charge in [-0.1, -0.05) is 30.3 Å². The Hall–Kier alpha value is -2.18. The normalized spacial score (nSPS) is 16.0. The molecule has 140 valence electrons. The van der Waals surface area contributed by atoms with Gasteiger partial charge in [0.05, 0.1) is 23.6 Å². The summed E-state index contributed by atoms with van der Waals surface area (Å²) in [6.07, 6.45) is 1.08. The van der Waals surface area contributed by atoms with E-state index in [1.165, 1.54) is 5.56 Å². The molecule has 3 rings (SSSR count). The summed E-state index contributed by atoms with van der Waals surface area (Å²) in [7, 11) is 1.90. The minimum absolute atomic E-state index is 0.0435. The number of aromatic nitrogens is 2. The number of anilines is 1. The van der Waals surface area contributed by atoms with Gasteiger partial charge in [0, 0.05) is 39.8 Å². The number of aryl methyl sites for hydroxylation is 2. The molecule has 6 heteroatoms. The minimum atomic E-state index is 0.0435. The van der Waals surface area contributed by atoms with E-state index in [0.29, 0.717) is 6.54 Å². The van der Waals surface area contributed by atoms with Crippen molar-refractivity contribution in [1.29, 1.82) is 0 Å². The van der Waals surface area contributed by atoms with Gasteiger partial charge in [-0.25, -0.2) is 0 Å². The van der Waals surface area contributed by atoms with Crippen molar-refractivity contribution in [1.82, 2.24) is 19.6 Å². The third-order valence-corrected chi connectivity index (χ3v) is 5.17. The molecule has 0 bridgehead atoms. The topological polar surface area (TPSA) is 53.4 Å². The summed E-state index contributed by atoms with van der Waals surface area (Å²) in [5, 5.41) is 7.37. The highest BCUT2D eigenvalue weighted by Gasteiger charge is 2.20. The van der Waals surface area contributed by atoms with Crippen LogP contribution in [0.3, 0.4) is 0 Å². The molecule has 0 atom stereocenters. The number of hydrogen-bond donors (Lipinski definition) is 1. The summed E-state index contributed by atoms with van der Waals surface area (Å²) >= 11 is 0. The van der Waals surface area contributed by atoms with E-state index < -0.39 is 0 Å². The molecule has 0 aliphatic carbocycles. The Morgan fingerprint density at radius 3 is 2.35 bits per heavy atom. The smallest absolute Gasteiger partial charge is 0.238 e. The van der Waals surface area contributed by atoms with E-state index in [9.17, 15) is 4.79 Å². The molecule has 2 heterocycles. The van der Waals surface area contributed by atoms with Crippen LogP contribution in [0.4, 0.5) is 5.69 Å². The monoisotopic (exact) mass is 355 g/mol. The Bertz CT molecular complexity index is 732. The third-order valence-electron chi connectivity index (χ3n) is 5.17. The molecule has 1 aromatic heterocycles. The number of piperazine rings is 1. The van der Waals surface area contributed by atoms with E-state index in [0.717, 1.165) is 56.2 Å². The number of carbonyl (C=O) groups excluding carboxylic acids is 1. The van der Waals surface area contributed by atoms with E-state index in [4.69, 9.17) is 0 Å². The van der Waals surface area contributed by atoms with Gasteiger partial charge < -0.3 is 10.2 Å². The molecule has 0 spiro atoms. The predicted octanol–water partition coefficient (Wildman–Crippen LogP) is 1.84. The zero-order valence-corrected chi connectivity index (χ0v) is 16.0. The van der Waals surface area contributed by atoms with Gasteiger partial charge in [0.1, 0.15) is 0 Å². The van der Waals surface area contributed by atoms with Crippen LogP contribution < -0.4 is 5.32 Å². The lowest BCUT2D eigenvalue weighted by Gasteiger charge is -2.34. The Labute approximate surface area is 155 Å². The van der Waals surface area contributed by atoms with Gasteiger partial charge in [-0.2, -0.15) is 5.10 Å². The van der Waals surface area contributed by atoms with Crippen molar-refractivity contribution in [3.8, 4) is 0 Å². The first-order valence-electron chi connectivity index (χ1n) is 9.31. The predicted molar refractivity (Wildman–Crippen MR) is 104 cm³/mol. The standard InChI is InChI=1S/C20H29N5O/c1-16-20(17(2)23(3)22-16)21-19(26)15-25-13-11-24(12-14-25)10-9-18-7-5-4-6-8-18/h4-8H,9-15H2,1-3H3,(H,21,26). The average Bonchev–Trinajstić information content (AvgIpc) is 2.88. The largest absolute Gasteiger partial charge is 0.322 e. The second-order valence-corrected chi connectivity index (χ2v) is 7.07. The lowest BCUT2D eigenvalue weighted by molar-refractivity contribution is -0.117. The van der Waals surface area contributed by atoms with Crippen LogP contribution in [0.5, 0.6) is 0 Å². The first kappa shape index (κ1) is 18.6. The number of nitrogens with zero attached hydrogens (tertiary/aromatic N) is 4. The van der Waals surface area contributed by atoms with Crippen molar-refractivity contribution in [2.75, 3.05) is 44.6 Å². The molecule has 1 aliphatic heterocycles. The van der Waals surface area contributed by atoms with E-state index in [-0.39, 0.29) is 5.91 Å². The van der Waals surface area contributed by atoms with Gasteiger partial charge in [0.25, 0.3) is 0 Å². The van der Waals surface area contributed by atoms with Crippen molar-refractivity contribution in [3.63, 3.8) is 0 Å². The van der Waals surface area contributed by atoms with Gasteiger partial charge in [-0.15, -0.1) is 0 Å². The van der Waals surface area contributed by atoms with Crippen LogP contribution in [-0.2, 0) is 18.3 Å². The number of amides is 1. The molecule has 1 N–H and O–H groups in total. The van der Waals surface area contributed by atoms with Crippen molar-refractivity contribution in [2.24, 2.45) is 7.05 Å². The van der Waals surface area contributed by atoms with Crippen LogP contribution in [0.25, 0.3) is 0 Å². The molecule has 1 aromatic carbocycles. The van der Waals surface area contributed by atoms with Crippen LogP contribution in [0.15, 0.2) is 30.3 Å². The number of hydrogen-bond acceptors (Lipinski definition) is 4. The van der Waals surface area contributed by atoms with Gasteiger partial charge in [0.15, 0.2) is 0 Å². The van der Waals surface area contributed by atoms with Crippen LogP contribution in [0, 0.1) is 13.8 Å². The first-order valence-corrected chi connectivity index (χ1v) is 9.31. The maximum Gasteiger partial charge on any atom is 0.238 e. The zero-order chi connectivity index (χ0) is 18.5. The Morgan fingerprint density at radius 1 is 1.08 bits per heavy atom. The lowest BCUT2D eigenvalue weighted by atomic mass is 10.1. The van der Waals surface area contributed by atoms with Crippen molar-refractivity contribution < 1.29 is 4.79 Å². The molecule has 0 saturated carbocycles. The van der Waals surface area contributed by atoms with E-state index in [1.54, 1.807) is 4.68 Å². The summed E-state index contributed by atoms with van der Waals surface area (Å²) in [4.78, 5) is 17.1. The fourth-order valence-corrected chi connectivity index (χ4v) is 3.44. The lowest BCUT2D eigenvalue weighted by Crippen LogP contribution is -2.49. The molecule has 2 aromatic rings. The van der Waals surface area contributed by atoms with Crippen LogP contribution in [0.2, 0.25) is 0 Å². The number of nitrogens with one attached hydrogen (secondary N) is 1. The highest BCUT2D eigenvalue weighted by molar-refractivity contribution is 5.93. The van der Waals surface area contributed by atoms with Crippen LogP contribution >= 0.6 is 0 Å². The quantitative estimate of drug-likeness (QED) is 0.859. The molecular formula is C20H29N5O. The molecule has 6 nitrogen and oxygen atoms in total. The van der Waals surface area contributed by atoms with Gasteiger partial charge in [-0.05, 0) is 25.8 Å². The van der Waals surface area contributed by atoms with E-state index >= 15 is 0 Å². The SMILES string of the molecule is Cc1nn(C)c(C)c1NC(=O)CN1CCN(CCc2ccccc2)CC1. The molecule has 26 heavy (non-hydrogen) atoms. The number of carbonyl (C=O) groups is 1. The second kappa shape index (κ2) is 8.47. The Kier molecular flexibility index (Phi) is 6.06. The van der Waals surface area contributed by atoms with Crippen LogP contribution in [-0.4, -0.2) is 64.8 Å². The molecule has 0 unspecified atom stereocenters. The summed E-state index contributed by atoms with van der Waals surface area (Å²) in [5.74, 6) is 0.0435. The summed E-state index contributed by atoms with van der Waals surface area (Å²) in [6.45, 7) is 9.34. The number of benzene rings is 1. The number of rotatable bonds is 6. The van der Waals surface area contributed by atoms with Crippen LogP contribution in [0.1, 0.15) is 17.0 Å². The van der Waals surface area contributed by atoms with Gasteiger partial charge >= 0.3 is 0 Å². The molecule has 1 amide bonds. The van der Waals surface area contributed by atoms with E-state index in [1.807, 2.05) is 20.9 Å². The fourth-order valence-electron chi connectivity index (χ4n) is 3.44. The van der Waals surface area contributed by atoms with E-state index in [2.05, 4.69) is 50.5 Å². The second-order valence-electron chi connectivity index (χ2n) is 7.07. The fraction of sp³-hybridized carbons (Fsp3) is 0.500. The minimum Gasteiger partial charge on any atom is -0.322 e. The first-order chi connectivity index (χ1) is 12.5. The molecule has 0 radical (unpaired) electrons. The Balaban J connectivity index is 1.41. The molecule has 1 fully saturated rings. The summed E-state index contributed by atoms with van der Waals surface area (Å²) in [5.41, 5.74) is 4.08. The maximum atomic E-state index is 12.4. The maximum absolute atomic E-state index is 12.4. The van der Waals surface area contributed by atoms with Gasteiger partial charge in [-0.3, -0.25) is 14.4 Å². The molecule has 1 aliphatic rings. The zero-order valence-electron chi connectivity index (χ0n) is 16.0. The average molecular weight is 355 g/mol. The summed E-state index contributed by atoms with van der Waals surface area (Å²) in [6, 6.07) is 10.6. The highest BCUT2D eigenvalue weighted by Crippen LogP contribution is 2.18. The third kappa shape index (κ3) is 4.71. The molecule has 1 saturated heterocycles. The highest BCUT2D eigenvalue weighted by atomic mass is 16.2.